The third-order valence-corrected chi connectivity index (χ3v) is 5.54. The Labute approximate surface area is 130 Å². The Morgan fingerprint density at radius 1 is 1.15 bits per heavy atom. The highest BCUT2D eigenvalue weighted by Gasteiger charge is 2.46. The van der Waals surface area contributed by atoms with Crippen molar-refractivity contribution in [3.8, 4) is 0 Å². The van der Waals surface area contributed by atoms with E-state index in [4.69, 9.17) is 4.74 Å². The van der Waals surface area contributed by atoms with Gasteiger partial charge in [-0.05, 0) is 62.8 Å². The van der Waals surface area contributed by atoms with Gasteiger partial charge in [-0.2, -0.15) is 0 Å². The Morgan fingerprint density at radius 2 is 1.80 bits per heavy atom. The second-order valence-corrected chi connectivity index (χ2v) is 7.50. The highest BCUT2D eigenvalue weighted by molar-refractivity contribution is 9.10. The summed E-state index contributed by atoms with van der Waals surface area (Å²) in [5.74, 6) is 0.609. The van der Waals surface area contributed by atoms with Crippen molar-refractivity contribution in [2.75, 3.05) is 13.1 Å². The van der Waals surface area contributed by atoms with Gasteiger partial charge in [-0.3, -0.25) is 0 Å². The number of halogens is 1. The lowest BCUT2D eigenvalue weighted by molar-refractivity contribution is -0.103. The molecule has 1 spiro atoms. The van der Waals surface area contributed by atoms with Gasteiger partial charge in [0.2, 0.25) is 0 Å². The third kappa shape index (κ3) is 2.81. The monoisotopic (exact) mass is 337 g/mol. The largest absolute Gasteiger partial charge is 0.376 e. The Morgan fingerprint density at radius 3 is 2.45 bits per heavy atom. The van der Waals surface area contributed by atoms with Crippen LogP contribution in [0.2, 0.25) is 0 Å². The van der Waals surface area contributed by atoms with Gasteiger partial charge in [-0.1, -0.05) is 28.1 Å². The molecule has 2 aliphatic rings. The van der Waals surface area contributed by atoms with Crippen LogP contribution in [0.15, 0.2) is 28.7 Å². The van der Waals surface area contributed by atoms with Crippen LogP contribution in [0.4, 0.5) is 0 Å². The van der Waals surface area contributed by atoms with Crippen molar-refractivity contribution in [1.29, 1.82) is 0 Å². The SMILES string of the molecule is CC1CC2(CCNCC2c2ccc(Br)cc2)CC(C)O1. The molecule has 0 aliphatic carbocycles. The molecule has 0 bridgehead atoms. The zero-order valence-electron chi connectivity index (χ0n) is 12.4. The van der Waals surface area contributed by atoms with Crippen molar-refractivity contribution in [1.82, 2.24) is 5.32 Å². The molecule has 2 heterocycles. The van der Waals surface area contributed by atoms with Crippen molar-refractivity contribution >= 4 is 15.9 Å². The number of piperidine rings is 1. The first-order valence-electron chi connectivity index (χ1n) is 7.71. The minimum Gasteiger partial charge on any atom is -0.376 e. The molecule has 2 fully saturated rings. The normalized spacial score (nSPS) is 38.0. The van der Waals surface area contributed by atoms with Crippen LogP contribution in [0, 0.1) is 5.41 Å². The number of hydrogen-bond acceptors (Lipinski definition) is 2. The van der Waals surface area contributed by atoms with Gasteiger partial charge in [0.1, 0.15) is 0 Å². The molecule has 0 radical (unpaired) electrons. The quantitative estimate of drug-likeness (QED) is 0.832. The summed E-state index contributed by atoms with van der Waals surface area (Å²) in [6.07, 6.45) is 4.43. The lowest BCUT2D eigenvalue weighted by Gasteiger charge is -2.50. The maximum atomic E-state index is 5.99. The summed E-state index contributed by atoms with van der Waals surface area (Å²) >= 11 is 3.54. The average Bonchev–Trinajstić information content (AvgIpc) is 2.39. The summed E-state index contributed by atoms with van der Waals surface area (Å²) in [5.41, 5.74) is 1.89. The van der Waals surface area contributed by atoms with Crippen LogP contribution < -0.4 is 5.32 Å². The molecule has 2 aliphatic heterocycles. The van der Waals surface area contributed by atoms with Crippen LogP contribution >= 0.6 is 15.9 Å². The number of ether oxygens (including phenoxy) is 1. The van der Waals surface area contributed by atoms with E-state index in [9.17, 15) is 0 Å². The van der Waals surface area contributed by atoms with Crippen LogP contribution in [-0.2, 0) is 4.74 Å². The van der Waals surface area contributed by atoms with E-state index in [1.54, 1.807) is 0 Å². The van der Waals surface area contributed by atoms with Gasteiger partial charge in [0.05, 0.1) is 12.2 Å². The van der Waals surface area contributed by atoms with Gasteiger partial charge in [0.25, 0.3) is 0 Å². The summed E-state index contributed by atoms with van der Waals surface area (Å²) in [6, 6.07) is 8.91. The molecule has 3 rings (SSSR count). The molecule has 1 N–H and O–H groups in total. The minimum absolute atomic E-state index is 0.384. The van der Waals surface area contributed by atoms with Crippen molar-refractivity contribution in [3.05, 3.63) is 34.3 Å². The van der Waals surface area contributed by atoms with E-state index in [2.05, 4.69) is 59.4 Å². The lowest BCUT2D eigenvalue weighted by Crippen LogP contribution is -2.49. The van der Waals surface area contributed by atoms with Crippen molar-refractivity contribution in [3.63, 3.8) is 0 Å². The smallest absolute Gasteiger partial charge is 0.0556 e. The fraction of sp³-hybridized carbons (Fsp3) is 0.647. The number of nitrogens with one attached hydrogen (secondary N) is 1. The predicted molar refractivity (Wildman–Crippen MR) is 86.0 cm³/mol. The fourth-order valence-corrected chi connectivity index (χ4v) is 4.62. The first-order chi connectivity index (χ1) is 9.59. The van der Waals surface area contributed by atoms with E-state index in [0.29, 0.717) is 23.5 Å². The molecule has 0 amide bonds. The summed E-state index contributed by atoms with van der Waals surface area (Å²) in [6.45, 7) is 6.71. The molecule has 2 saturated heterocycles. The second-order valence-electron chi connectivity index (χ2n) is 6.59. The molecule has 3 unspecified atom stereocenters. The fourth-order valence-electron chi connectivity index (χ4n) is 4.35. The van der Waals surface area contributed by atoms with E-state index >= 15 is 0 Å². The Bertz CT molecular complexity index is 449. The number of hydrogen-bond donors (Lipinski definition) is 1. The molecule has 3 heteroatoms. The summed E-state index contributed by atoms with van der Waals surface area (Å²) in [7, 11) is 0. The highest BCUT2D eigenvalue weighted by Crippen LogP contribution is 2.51. The standard InChI is InChI=1S/C17H24BrNO/c1-12-9-17(10-13(2)20-12)7-8-19-11-16(17)14-3-5-15(18)6-4-14/h3-6,12-13,16,19H,7-11H2,1-2H3. The maximum absolute atomic E-state index is 5.99. The van der Waals surface area contributed by atoms with Crippen LogP contribution in [0.25, 0.3) is 0 Å². The molecule has 110 valence electrons. The van der Waals surface area contributed by atoms with Gasteiger partial charge in [-0.25, -0.2) is 0 Å². The first-order valence-corrected chi connectivity index (χ1v) is 8.50. The zero-order chi connectivity index (χ0) is 14.2. The topological polar surface area (TPSA) is 21.3 Å². The van der Waals surface area contributed by atoms with E-state index in [-0.39, 0.29) is 0 Å². The molecule has 20 heavy (non-hydrogen) atoms. The summed E-state index contributed by atoms with van der Waals surface area (Å²) < 4.78 is 7.15. The maximum Gasteiger partial charge on any atom is 0.0556 e. The Hall–Kier alpha value is -0.380. The van der Waals surface area contributed by atoms with Gasteiger partial charge in [0.15, 0.2) is 0 Å². The Balaban J connectivity index is 1.92. The Kier molecular flexibility index (Phi) is 4.21. The van der Waals surface area contributed by atoms with Gasteiger partial charge < -0.3 is 10.1 Å². The molecule has 1 aromatic carbocycles. The number of benzene rings is 1. The molecule has 0 saturated carbocycles. The molecule has 0 aromatic heterocycles. The number of rotatable bonds is 1. The van der Waals surface area contributed by atoms with Crippen molar-refractivity contribution in [2.24, 2.45) is 5.41 Å². The molecular formula is C17H24BrNO. The van der Waals surface area contributed by atoms with Gasteiger partial charge in [-0.15, -0.1) is 0 Å². The van der Waals surface area contributed by atoms with E-state index in [1.165, 1.54) is 24.8 Å². The van der Waals surface area contributed by atoms with Gasteiger partial charge in [0, 0.05) is 16.9 Å². The van der Waals surface area contributed by atoms with E-state index < -0.39 is 0 Å². The van der Waals surface area contributed by atoms with Crippen LogP contribution in [0.3, 0.4) is 0 Å². The lowest BCUT2D eigenvalue weighted by atomic mass is 9.61. The van der Waals surface area contributed by atoms with E-state index in [1.807, 2.05) is 0 Å². The molecule has 3 atom stereocenters. The summed E-state index contributed by atoms with van der Waals surface area (Å²) in [4.78, 5) is 0. The van der Waals surface area contributed by atoms with Crippen molar-refractivity contribution in [2.45, 2.75) is 51.2 Å². The second kappa shape index (κ2) is 5.78. The molecule has 2 nitrogen and oxygen atoms in total. The molecular weight excluding hydrogens is 314 g/mol. The van der Waals surface area contributed by atoms with Crippen LogP contribution in [0.1, 0.15) is 44.6 Å². The third-order valence-electron chi connectivity index (χ3n) is 5.01. The average molecular weight is 338 g/mol. The van der Waals surface area contributed by atoms with E-state index in [0.717, 1.165) is 17.6 Å². The predicted octanol–water partition coefficient (Wildman–Crippen LogP) is 4.10. The highest BCUT2D eigenvalue weighted by atomic mass is 79.9. The van der Waals surface area contributed by atoms with Crippen molar-refractivity contribution < 1.29 is 4.74 Å². The molecule has 1 aromatic rings. The van der Waals surface area contributed by atoms with Crippen LogP contribution in [-0.4, -0.2) is 25.3 Å². The van der Waals surface area contributed by atoms with Crippen LogP contribution in [0.5, 0.6) is 0 Å². The zero-order valence-corrected chi connectivity index (χ0v) is 13.9. The minimum atomic E-state index is 0.384. The first kappa shape index (κ1) is 14.6. The van der Waals surface area contributed by atoms with Gasteiger partial charge >= 0.3 is 0 Å². The summed E-state index contributed by atoms with van der Waals surface area (Å²) in [5, 5.41) is 3.60.